The lowest BCUT2D eigenvalue weighted by atomic mass is 10.0. The molecule has 1 unspecified atom stereocenters. The molecule has 0 fully saturated rings. The number of nitrogens with one attached hydrogen (secondary N) is 1. The van der Waals surface area contributed by atoms with Crippen molar-refractivity contribution in [3.05, 3.63) is 70.7 Å². The summed E-state index contributed by atoms with van der Waals surface area (Å²) >= 11 is 0. The molecule has 0 aliphatic heterocycles. The van der Waals surface area contributed by atoms with Crippen molar-refractivity contribution in [3.63, 3.8) is 0 Å². The SMILES string of the molecule is CCn1ncc(CN(C)C(=O)c2cc(-c3ccc(NCC(O)CN(C)C)c(C)n3)nc3ccc(C)cc23)c1C. The molecule has 0 spiro atoms. The van der Waals surface area contributed by atoms with Gasteiger partial charge in [0.15, 0.2) is 0 Å². The Bertz CT molecular complexity index is 1480. The molecule has 1 atom stereocenters. The molecule has 1 amide bonds. The predicted molar refractivity (Wildman–Crippen MR) is 156 cm³/mol. The zero-order chi connectivity index (χ0) is 28.3. The first-order valence-electron chi connectivity index (χ1n) is 13.3. The fourth-order valence-corrected chi connectivity index (χ4v) is 4.74. The number of hydrogen-bond acceptors (Lipinski definition) is 7. The van der Waals surface area contributed by atoms with Gasteiger partial charge in [0.25, 0.3) is 5.91 Å². The van der Waals surface area contributed by atoms with E-state index in [2.05, 4.69) is 17.3 Å². The number of aliphatic hydroxyl groups excluding tert-OH is 1. The quantitative estimate of drug-likeness (QED) is 0.320. The highest BCUT2D eigenvalue weighted by molar-refractivity contribution is 6.07. The van der Waals surface area contributed by atoms with Crippen molar-refractivity contribution >= 4 is 22.5 Å². The van der Waals surface area contributed by atoms with E-state index in [1.165, 1.54) is 0 Å². The molecule has 4 aromatic rings. The van der Waals surface area contributed by atoms with Crippen LogP contribution in [-0.2, 0) is 13.1 Å². The molecule has 4 rings (SSSR count). The van der Waals surface area contributed by atoms with Gasteiger partial charge in [0.1, 0.15) is 0 Å². The maximum Gasteiger partial charge on any atom is 0.254 e. The van der Waals surface area contributed by atoms with Crippen LogP contribution in [0, 0.1) is 20.8 Å². The van der Waals surface area contributed by atoms with E-state index in [1.807, 2.05) is 94.1 Å². The maximum absolute atomic E-state index is 13.8. The van der Waals surface area contributed by atoms with Crippen LogP contribution in [0.25, 0.3) is 22.3 Å². The summed E-state index contributed by atoms with van der Waals surface area (Å²) in [6, 6.07) is 11.7. The molecule has 39 heavy (non-hydrogen) atoms. The number of fused-ring (bicyclic) bond motifs is 1. The molecule has 0 saturated heterocycles. The molecule has 0 radical (unpaired) electrons. The fraction of sp³-hybridized carbons (Fsp3) is 0.400. The highest BCUT2D eigenvalue weighted by Gasteiger charge is 2.20. The van der Waals surface area contributed by atoms with E-state index in [1.54, 1.807) is 4.90 Å². The van der Waals surface area contributed by atoms with Crippen LogP contribution in [0.2, 0.25) is 0 Å². The molecule has 0 aliphatic carbocycles. The first-order chi connectivity index (χ1) is 18.6. The summed E-state index contributed by atoms with van der Waals surface area (Å²) in [5.41, 5.74) is 7.47. The maximum atomic E-state index is 13.8. The Morgan fingerprint density at radius 1 is 1.05 bits per heavy atom. The molecule has 9 heteroatoms. The van der Waals surface area contributed by atoms with Gasteiger partial charge in [-0.2, -0.15) is 5.10 Å². The number of carbonyl (C=O) groups excluding carboxylic acids is 1. The Hall–Kier alpha value is -3.82. The van der Waals surface area contributed by atoms with Gasteiger partial charge < -0.3 is 20.2 Å². The van der Waals surface area contributed by atoms with E-state index >= 15 is 0 Å². The summed E-state index contributed by atoms with van der Waals surface area (Å²) in [5.74, 6) is -0.0808. The van der Waals surface area contributed by atoms with E-state index in [0.29, 0.717) is 36.6 Å². The zero-order valence-corrected chi connectivity index (χ0v) is 24.0. The van der Waals surface area contributed by atoms with Gasteiger partial charge in [-0.3, -0.25) is 9.48 Å². The molecule has 9 nitrogen and oxygen atoms in total. The largest absolute Gasteiger partial charge is 0.390 e. The van der Waals surface area contributed by atoms with Crippen molar-refractivity contribution in [1.29, 1.82) is 0 Å². The van der Waals surface area contributed by atoms with Gasteiger partial charge in [-0.05, 0) is 72.1 Å². The van der Waals surface area contributed by atoms with Crippen LogP contribution in [0.4, 0.5) is 5.69 Å². The summed E-state index contributed by atoms with van der Waals surface area (Å²) in [7, 11) is 5.68. The van der Waals surface area contributed by atoms with Gasteiger partial charge in [0, 0.05) is 49.9 Å². The van der Waals surface area contributed by atoms with E-state index < -0.39 is 6.10 Å². The highest BCUT2D eigenvalue weighted by atomic mass is 16.3. The van der Waals surface area contributed by atoms with Crippen LogP contribution in [0.1, 0.15) is 39.8 Å². The summed E-state index contributed by atoms with van der Waals surface area (Å²) in [6.07, 6.45) is 1.35. The van der Waals surface area contributed by atoms with Crippen LogP contribution < -0.4 is 5.32 Å². The lowest BCUT2D eigenvalue weighted by Crippen LogP contribution is -2.31. The number of aryl methyl sites for hydroxylation is 3. The van der Waals surface area contributed by atoms with Crippen molar-refractivity contribution in [2.75, 3.05) is 39.5 Å². The Morgan fingerprint density at radius 2 is 1.82 bits per heavy atom. The number of nitrogens with zero attached hydrogens (tertiary/aromatic N) is 6. The number of anilines is 1. The standard InChI is InChI=1S/C30H39N7O2/c1-8-37-21(4)22(15-32-37)17-36(7)30(39)25-14-29(34-27-10-9-19(2)13-24(25)27)28-12-11-26(20(3)33-28)31-16-23(38)18-35(5)6/h9-15,23,31,38H,8,16-18H2,1-7H3. The minimum atomic E-state index is -0.490. The second kappa shape index (κ2) is 11.9. The summed E-state index contributed by atoms with van der Waals surface area (Å²) in [4.78, 5) is 27.1. The molecule has 2 N–H and O–H groups in total. The molecule has 0 saturated carbocycles. The molecule has 1 aromatic carbocycles. The topological polar surface area (TPSA) is 99.4 Å². The van der Waals surface area contributed by atoms with Gasteiger partial charge >= 0.3 is 0 Å². The van der Waals surface area contributed by atoms with E-state index in [-0.39, 0.29) is 5.91 Å². The average molecular weight is 530 g/mol. The lowest BCUT2D eigenvalue weighted by molar-refractivity contribution is 0.0786. The van der Waals surface area contributed by atoms with Crippen molar-refractivity contribution in [3.8, 4) is 11.4 Å². The van der Waals surface area contributed by atoms with Crippen molar-refractivity contribution in [2.45, 2.75) is 46.9 Å². The molecule has 0 aliphatic rings. The Morgan fingerprint density at radius 3 is 2.49 bits per heavy atom. The molecule has 3 heterocycles. The third kappa shape index (κ3) is 6.43. The monoisotopic (exact) mass is 529 g/mol. The van der Waals surface area contributed by atoms with E-state index in [9.17, 15) is 9.90 Å². The van der Waals surface area contributed by atoms with Crippen molar-refractivity contribution in [2.24, 2.45) is 0 Å². The van der Waals surface area contributed by atoms with Crippen LogP contribution >= 0.6 is 0 Å². The Labute approximate surface area is 230 Å². The van der Waals surface area contributed by atoms with Crippen LogP contribution in [0.15, 0.2) is 42.6 Å². The van der Waals surface area contributed by atoms with Crippen LogP contribution in [0.3, 0.4) is 0 Å². The average Bonchev–Trinajstić information content (AvgIpc) is 3.25. The predicted octanol–water partition coefficient (Wildman–Crippen LogP) is 4.05. The second-order valence-electron chi connectivity index (χ2n) is 10.4. The number of likely N-dealkylation sites (N-methyl/N-ethyl adjacent to an activating group) is 1. The zero-order valence-electron chi connectivity index (χ0n) is 24.0. The number of rotatable bonds is 10. The third-order valence-corrected chi connectivity index (χ3v) is 6.91. The Kier molecular flexibility index (Phi) is 8.62. The van der Waals surface area contributed by atoms with Gasteiger partial charge in [-0.1, -0.05) is 11.6 Å². The minimum absolute atomic E-state index is 0.0808. The van der Waals surface area contributed by atoms with Crippen LogP contribution in [0.5, 0.6) is 0 Å². The Balaban J connectivity index is 1.65. The summed E-state index contributed by atoms with van der Waals surface area (Å²) < 4.78 is 1.94. The minimum Gasteiger partial charge on any atom is -0.390 e. The lowest BCUT2D eigenvalue weighted by Gasteiger charge is -2.19. The number of pyridine rings is 2. The first-order valence-corrected chi connectivity index (χ1v) is 13.3. The van der Waals surface area contributed by atoms with Crippen molar-refractivity contribution in [1.82, 2.24) is 29.5 Å². The van der Waals surface area contributed by atoms with E-state index in [0.717, 1.165) is 45.6 Å². The molecular weight excluding hydrogens is 490 g/mol. The molecule has 3 aromatic heterocycles. The van der Waals surface area contributed by atoms with Gasteiger partial charge in [0.05, 0.1) is 46.2 Å². The number of aromatic nitrogens is 4. The van der Waals surface area contributed by atoms with Gasteiger partial charge in [-0.15, -0.1) is 0 Å². The number of benzene rings is 1. The number of carbonyl (C=O) groups is 1. The van der Waals surface area contributed by atoms with Crippen molar-refractivity contribution < 1.29 is 9.90 Å². The second-order valence-corrected chi connectivity index (χ2v) is 10.4. The number of hydrogen-bond donors (Lipinski definition) is 2. The normalized spacial score (nSPS) is 12.2. The van der Waals surface area contributed by atoms with E-state index in [4.69, 9.17) is 9.97 Å². The third-order valence-electron chi connectivity index (χ3n) is 6.91. The van der Waals surface area contributed by atoms with Crippen LogP contribution in [-0.4, -0.2) is 80.9 Å². The van der Waals surface area contributed by atoms with Gasteiger partial charge in [0.2, 0.25) is 0 Å². The highest BCUT2D eigenvalue weighted by Crippen LogP contribution is 2.28. The molecule has 0 bridgehead atoms. The smallest absolute Gasteiger partial charge is 0.254 e. The summed E-state index contributed by atoms with van der Waals surface area (Å²) in [5, 5.41) is 18.7. The summed E-state index contributed by atoms with van der Waals surface area (Å²) in [6.45, 7) is 10.3. The number of amides is 1. The van der Waals surface area contributed by atoms with Gasteiger partial charge in [-0.25, -0.2) is 9.97 Å². The number of aliphatic hydroxyl groups is 1. The molecule has 206 valence electrons. The molecular formula is C30H39N7O2. The fourth-order valence-electron chi connectivity index (χ4n) is 4.74. The first kappa shape index (κ1) is 28.2.